The zero-order chi connectivity index (χ0) is 20.8. The van der Waals surface area contributed by atoms with E-state index in [1.54, 1.807) is 0 Å². The van der Waals surface area contributed by atoms with Gasteiger partial charge in [-0.25, -0.2) is 0 Å². The normalized spacial score (nSPS) is 11.3. The molecule has 30 heavy (non-hydrogen) atoms. The Morgan fingerprint density at radius 2 is 0.800 bits per heavy atom. The first-order valence-electron chi connectivity index (χ1n) is 10.2. The number of rotatable bonds is 2. The zero-order valence-corrected chi connectivity index (χ0v) is 17.2. The molecule has 0 saturated carbocycles. The third-order valence-electron chi connectivity index (χ3n) is 6.05. The minimum atomic E-state index is 0.821. The summed E-state index contributed by atoms with van der Waals surface area (Å²) < 4.78 is 0. The van der Waals surface area contributed by atoms with E-state index >= 15 is 0 Å². The molecule has 0 unspecified atom stereocenters. The number of hydrogen-bond acceptors (Lipinski definition) is 2. The second-order valence-electron chi connectivity index (χ2n) is 7.98. The van der Waals surface area contributed by atoms with E-state index in [1.165, 1.54) is 43.8 Å². The van der Waals surface area contributed by atoms with Gasteiger partial charge in [-0.15, -0.1) is 0 Å². The second kappa shape index (κ2) is 6.93. The molecule has 2 nitrogen and oxygen atoms in total. The molecule has 4 N–H and O–H groups in total. The topological polar surface area (TPSA) is 52.0 Å². The van der Waals surface area contributed by atoms with E-state index in [4.69, 9.17) is 11.5 Å². The molecule has 0 amide bonds. The minimum Gasteiger partial charge on any atom is -0.399 e. The Bertz CT molecular complexity index is 1260. The fourth-order valence-electron chi connectivity index (χ4n) is 4.41. The molecular weight excluding hydrogens is 364 g/mol. The molecule has 0 spiro atoms. The molecule has 0 aliphatic heterocycles. The van der Waals surface area contributed by atoms with Gasteiger partial charge in [0.25, 0.3) is 0 Å². The van der Waals surface area contributed by atoms with E-state index in [2.05, 4.69) is 86.6 Å². The van der Waals surface area contributed by atoms with E-state index < -0.39 is 0 Å². The molecule has 0 atom stereocenters. The average Bonchev–Trinajstić information content (AvgIpc) is 2.76. The van der Waals surface area contributed by atoms with E-state index in [9.17, 15) is 0 Å². The number of fused-ring (bicyclic) bond motifs is 2. The third-order valence-corrected chi connectivity index (χ3v) is 6.05. The molecule has 0 aliphatic carbocycles. The predicted octanol–water partition coefficient (Wildman–Crippen LogP) is 7.11. The van der Waals surface area contributed by atoms with Crippen molar-refractivity contribution in [2.75, 3.05) is 11.5 Å². The first-order valence-corrected chi connectivity index (χ1v) is 10.2. The number of aryl methyl sites for hydroxylation is 2. The van der Waals surface area contributed by atoms with Crippen LogP contribution in [0.15, 0.2) is 84.9 Å². The number of hydrogen-bond donors (Lipinski definition) is 2. The Balaban J connectivity index is 1.96. The van der Waals surface area contributed by atoms with Gasteiger partial charge in [-0.3, -0.25) is 0 Å². The largest absolute Gasteiger partial charge is 0.399 e. The van der Waals surface area contributed by atoms with Crippen LogP contribution in [0.5, 0.6) is 0 Å². The van der Waals surface area contributed by atoms with Crippen LogP contribution in [-0.2, 0) is 0 Å². The van der Waals surface area contributed by atoms with Crippen molar-refractivity contribution in [1.29, 1.82) is 0 Å². The molecular formula is C28H24N2. The highest BCUT2D eigenvalue weighted by molar-refractivity contribution is 6.21. The molecule has 0 aromatic heterocycles. The molecule has 0 bridgehead atoms. The standard InChI is InChI=1S/C28H24N2/c1-17-15-19(11-13-25(17)29)27-21-7-3-5-9-23(21)28(24-10-6-4-8-22(24)27)20-12-14-26(30)18(2)16-20/h3-16H,29-30H2,1-2H3. The summed E-state index contributed by atoms with van der Waals surface area (Å²) in [7, 11) is 0. The minimum absolute atomic E-state index is 0.821. The van der Waals surface area contributed by atoms with Crippen molar-refractivity contribution in [2.24, 2.45) is 0 Å². The van der Waals surface area contributed by atoms with Crippen LogP contribution < -0.4 is 11.5 Å². The first-order chi connectivity index (χ1) is 14.5. The Labute approximate surface area is 176 Å². The number of nitrogens with two attached hydrogens (primary N) is 2. The lowest BCUT2D eigenvalue weighted by Gasteiger charge is -2.18. The lowest BCUT2D eigenvalue weighted by Crippen LogP contribution is -1.94. The van der Waals surface area contributed by atoms with Crippen molar-refractivity contribution >= 4 is 32.9 Å². The molecule has 5 aromatic rings. The zero-order valence-electron chi connectivity index (χ0n) is 17.2. The lowest BCUT2D eigenvalue weighted by atomic mass is 9.85. The molecule has 0 fully saturated rings. The van der Waals surface area contributed by atoms with Crippen LogP contribution in [-0.4, -0.2) is 0 Å². The summed E-state index contributed by atoms with van der Waals surface area (Å²) in [6.45, 7) is 4.13. The van der Waals surface area contributed by atoms with Gasteiger partial charge < -0.3 is 11.5 Å². The van der Waals surface area contributed by atoms with Gasteiger partial charge in [0.05, 0.1) is 0 Å². The van der Waals surface area contributed by atoms with Gasteiger partial charge in [-0.1, -0.05) is 60.7 Å². The Morgan fingerprint density at radius 3 is 1.10 bits per heavy atom. The monoisotopic (exact) mass is 388 g/mol. The van der Waals surface area contributed by atoms with Crippen LogP contribution in [0.4, 0.5) is 11.4 Å². The maximum atomic E-state index is 6.11. The molecule has 0 heterocycles. The molecule has 146 valence electrons. The fraction of sp³-hybridized carbons (Fsp3) is 0.0714. The summed E-state index contributed by atoms with van der Waals surface area (Å²) in [5.74, 6) is 0. The van der Waals surface area contributed by atoms with Crippen LogP contribution in [0.1, 0.15) is 11.1 Å². The van der Waals surface area contributed by atoms with Gasteiger partial charge in [0.2, 0.25) is 0 Å². The highest BCUT2D eigenvalue weighted by Gasteiger charge is 2.16. The van der Waals surface area contributed by atoms with Crippen molar-refractivity contribution in [3.8, 4) is 22.3 Å². The summed E-state index contributed by atoms with van der Waals surface area (Å²) in [5, 5.41) is 4.96. The second-order valence-corrected chi connectivity index (χ2v) is 7.98. The highest BCUT2D eigenvalue weighted by atomic mass is 14.6. The van der Waals surface area contributed by atoms with Crippen LogP contribution >= 0.6 is 0 Å². The van der Waals surface area contributed by atoms with Gasteiger partial charge >= 0.3 is 0 Å². The van der Waals surface area contributed by atoms with Crippen molar-refractivity contribution < 1.29 is 0 Å². The number of nitrogen functional groups attached to an aromatic ring is 2. The molecule has 5 aromatic carbocycles. The summed E-state index contributed by atoms with van der Waals surface area (Å²) in [5.41, 5.74) is 20.9. The van der Waals surface area contributed by atoms with Gasteiger partial charge in [0.15, 0.2) is 0 Å². The van der Waals surface area contributed by atoms with Gasteiger partial charge in [0.1, 0.15) is 0 Å². The highest BCUT2D eigenvalue weighted by Crippen LogP contribution is 2.44. The molecule has 0 radical (unpaired) electrons. The lowest BCUT2D eigenvalue weighted by molar-refractivity contribution is 1.47. The molecule has 5 rings (SSSR count). The Morgan fingerprint density at radius 1 is 0.467 bits per heavy atom. The average molecular weight is 389 g/mol. The summed E-state index contributed by atoms with van der Waals surface area (Å²) >= 11 is 0. The van der Waals surface area contributed by atoms with E-state index in [0.717, 1.165) is 22.5 Å². The maximum absolute atomic E-state index is 6.11. The quantitative estimate of drug-likeness (QED) is 0.250. The molecule has 0 saturated heterocycles. The van der Waals surface area contributed by atoms with Crippen molar-refractivity contribution in [2.45, 2.75) is 13.8 Å². The third kappa shape index (κ3) is 2.81. The van der Waals surface area contributed by atoms with Gasteiger partial charge in [-0.05, 0) is 93.0 Å². The van der Waals surface area contributed by atoms with Gasteiger partial charge in [0, 0.05) is 11.4 Å². The molecule has 2 heteroatoms. The van der Waals surface area contributed by atoms with Crippen LogP contribution in [0.2, 0.25) is 0 Å². The summed E-state index contributed by atoms with van der Waals surface area (Å²) in [6, 6.07) is 30.0. The van der Waals surface area contributed by atoms with Crippen molar-refractivity contribution in [3.05, 3.63) is 96.1 Å². The van der Waals surface area contributed by atoms with E-state index in [1.807, 2.05) is 12.1 Å². The van der Waals surface area contributed by atoms with E-state index in [0.29, 0.717) is 0 Å². The van der Waals surface area contributed by atoms with Crippen LogP contribution in [0, 0.1) is 13.8 Å². The van der Waals surface area contributed by atoms with E-state index in [-0.39, 0.29) is 0 Å². The Hall–Kier alpha value is -3.78. The smallest absolute Gasteiger partial charge is 0.0344 e. The van der Waals surface area contributed by atoms with Crippen LogP contribution in [0.3, 0.4) is 0 Å². The fourth-order valence-corrected chi connectivity index (χ4v) is 4.41. The number of benzene rings is 5. The van der Waals surface area contributed by atoms with Gasteiger partial charge in [-0.2, -0.15) is 0 Å². The first kappa shape index (κ1) is 18.3. The Kier molecular flexibility index (Phi) is 4.22. The molecule has 0 aliphatic rings. The maximum Gasteiger partial charge on any atom is 0.0344 e. The number of anilines is 2. The summed E-state index contributed by atoms with van der Waals surface area (Å²) in [4.78, 5) is 0. The van der Waals surface area contributed by atoms with Crippen molar-refractivity contribution in [1.82, 2.24) is 0 Å². The summed E-state index contributed by atoms with van der Waals surface area (Å²) in [6.07, 6.45) is 0. The van der Waals surface area contributed by atoms with Crippen molar-refractivity contribution in [3.63, 3.8) is 0 Å². The van der Waals surface area contributed by atoms with Crippen LogP contribution in [0.25, 0.3) is 43.8 Å². The predicted molar refractivity (Wildman–Crippen MR) is 131 cm³/mol. The SMILES string of the molecule is Cc1cc(-c2c3ccccc3c(-c3ccc(N)c(C)c3)c3ccccc23)ccc1N.